The number of carbonyl (C=O) groups is 1. The minimum atomic E-state index is -3.21. The van der Waals surface area contributed by atoms with Gasteiger partial charge in [-0.15, -0.1) is 22.7 Å². The molecule has 0 N–H and O–H groups in total. The highest BCUT2D eigenvalue weighted by atomic mass is 32.2. The molecule has 3 rings (SSSR count). The summed E-state index contributed by atoms with van der Waals surface area (Å²) in [6, 6.07) is 5.08. The smallest absolute Gasteiger partial charge is 0.312 e. The molecule has 1 aliphatic rings. The summed E-state index contributed by atoms with van der Waals surface area (Å²) in [5, 5.41) is 7.30. The van der Waals surface area contributed by atoms with Crippen molar-refractivity contribution >= 4 is 44.2 Å². The summed E-state index contributed by atoms with van der Waals surface area (Å²) >= 11 is 2.43. The SMILES string of the molecule is O=C(O/N=C1\CCS(=O)(=O)c2sccc21)c1cccs1. The maximum absolute atomic E-state index is 11.9. The summed E-state index contributed by atoms with van der Waals surface area (Å²) < 4.78 is 24.0. The lowest BCUT2D eigenvalue weighted by Gasteiger charge is -2.13. The molecule has 0 unspecified atom stereocenters. The van der Waals surface area contributed by atoms with Gasteiger partial charge in [0.2, 0.25) is 0 Å². The summed E-state index contributed by atoms with van der Waals surface area (Å²) in [4.78, 5) is 17.0. The Morgan fingerprint density at radius 3 is 2.85 bits per heavy atom. The summed E-state index contributed by atoms with van der Waals surface area (Å²) in [7, 11) is -3.21. The molecule has 0 aromatic carbocycles. The zero-order valence-electron chi connectivity index (χ0n) is 10.1. The van der Waals surface area contributed by atoms with Crippen LogP contribution in [0, 0.1) is 0 Å². The first-order valence-corrected chi connectivity index (χ1v) is 9.11. The van der Waals surface area contributed by atoms with Gasteiger partial charge in [-0.3, -0.25) is 0 Å². The molecule has 2 aromatic rings. The fraction of sp³-hybridized carbons (Fsp3) is 0.167. The molecular formula is C12H9NO4S3. The van der Waals surface area contributed by atoms with Crippen LogP contribution >= 0.6 is 22.7 Å². The molecule has 0 saturated heterocycles. The number of sulfone groups is 1. The Hall–Kier alpha value is -1.51. The van der Waals surface area contributed by atoms with Gasteiger partial charge in [-0.1, -0.05) is 11.2 Å². The van der Waals surface area contributed by atoms with Gasteiger partial charge < -0.3 is 4.84 Å². The van der Waals surface area contributed by atoms with Crippen molar-refractivity contribution in [2.75, 3.05) is 5.75 Å². The predicted molar refractivity (Wildman–Crippen MR) is 77.3 cm³/mol. The van der Waals surface area contributed by atoms with Crippen molar-refractivity contribution in [3.63, 3.8) is 0 Å². The lowest BCUT2D eigenvalue weighted by Crippen LogP contribution is -2.20. The molecule has 104 valence electrons. The molecule has 5 nitrogen and oxygen atoms in total. The van der Waals surface area contributed by atoms with Crippen LogP contribution in [0.2, 0.25) is 0 Å². The molecule has 8 heteroatoms. The van der Waals surface area contributed by atoms with Gasteiger partial charge in [0.25, 0.3) is 0 Å². The van der Waals surface area contributed by atoms with Gasteiger partial charge in [0, 0.05) is 12.0 Å². The fourth-order valence-corrected chi connectivity index (χ4v) is 5.25. The Kier molecular flexibility index (Phi) is 3.45. The highest BCUT2D eigenvalue weighted by Crippen LogP contribution is 2.30. The van der Waals surface area contributed by atoms with Gasteiger partial charge in [0.1, 0.15) is 9.09 Å². The van der Waals surface area contributed by atoms with Gasteiger partial charge >= 0.3 is 5.97 Å². The molecule has 2 aromatic heterocycles. The molecule has 20 heavy (non-hydrogen) atoms. The van der Waals surface area contributed by atoms with Gasteiger partial charge in [0.05, 0.1) is 11.5 Å². The second kappa shape index (κ2) is 5.12. The molecule has 3 heterocycles. The van der Waals surface area contributed by atoms with Crippen molar-refractivity contribution < 1.29 is 18.0 Å². The average molecular weight is 327 g/mol. The summed E-state index contributed by atoms with van der Waals surface area (Å²) in [5.41, 5.74) is 1.04. The highest BCUT2D eigenvalue weighted by molar-refractivity contribution is 7.93. The van der Waals surface area contributed by atoms with Crippen LogP contribution in [0.5, 0.6) is 0 Å². The summed E-state index contributed by atoms with van der Waals surface area (Å²) in [5.74, 6) is -0.534. The van der Waals surface area contributed by atoms with E-state index in [2.05, 4.69) is 5.16 Å². The van der Waals surface area contributed by atoms with Crippen molar-refractivity contribution in [2.24, 2.45) is 5.16 Å². The van der Waals surface area contributed by atoms with E-state index in [9.17, 15) is 13.2 Å². The monoisotopic (exact) mass is 327 g/mol. The quantitative estimate of drug-likeness (QED) is 0.628. The number of fused-ring (bicyclic) bond motifs is 1. The van der Waals surface area contributed by atoms with E-state index in [1.54, 1.807) is 29.0 Å². The number of nitrogens with zero attached hydrogens (tertiary/aromatic N) is 1. The third-order valence-corrected chi connectivity index (χ3v) is 6.92. The molecule has 1 aliphatic heterocycles. The van der Waals surface area contributed by atoms with Crippen molar-refractivity contribution in [3.8, 4) is 0 Å². The maximum Gasteiger partial charge on any atom is 0.375 e. The standard InChI is InChI=1S/C12H9NO4S3/c14-11(10-2-1-5-18-10)17-13-9-4-7-20(15,16)12-8(9)3-6-19-12/h1-3,5-6H,4,7H2/b13-9+. The van der Waals surface area contributed by atoms with Gasteiger partial charge in [-0.25, -0.2) is 13.2 Å². The second-order valence-corrected chi connectivity index (χ2v) is 8.25. The summed E-state index contributed by atoms with van der Waals surface area (Å²) in [6.07, 6.45) is 0.254. The third-order valence-electron chi connectivity index (χ3n) is 2.79. The van der Waals surface area contributed by atoms with Crippen molar-refractivity contribution in [1.82, 2.24) is 0 Å². The van der Waals surface area contributed by atoms with Crippen LogP contribution in [0.25, 0.3) is 0 Å². The van der Waals surface area contributed by atoms with Crippen molar-refractivity contribution in [3.05, 3.63) is 39.4 Å². The number of rotatable bonds is 2. The topological polar surface area (TPSA) is 72.8 Å². The average Bonchev–Trinajstić information content (AvgIpc) is 3.09. The van der Waals surface area contributed by atoms with Crippen molar-refractivity contribution in [1.29, 1.82) is 0 Å². The second-order valence-electron chi connectivity index (χ2n) is 4.08. The molecule has 0 aliphatic carbocycles. The number of carbonyl (C=O) groups excluding carboxylic acids is 1. The lowest BCUT2D eigenvalue weighted by molar-refractivity contribution is 0.0521. The first-order valence-electron chi connectivity index (χ1n) is 5.70. The first-order chi connectivity index (χ1) is 9.58. The number of hydrogen-bond acceptors (Lipinski definition) is 7. The van der Waals surface area contributed by atoms with Crippen LogP contribution in [0.4, 0.5) is 0 Å². The number of hydrogen-bond donors (Lipinski definition) is 0. The molecule has 0 radical (unpaired) electrons. The number of thiophene rings is 2. The van der Waals surface area contributed by atoms with E-state index in [-0.39, 0.29) is 12.2 Å². The van der Waals surface area contributed by atoms with Crippen LogP contribution in [0.1, 0.15) is 21.7 Å². The van der Waals surface area contributed by atoms with Crippen molar-refractivity contribution in [2.45, 2.75) is 10.6 Å². The Morgan fingerprint density at radius 1 is 1.25 bits per heavy atom. The van der Waals surface area contributed by atoms with Crippen LogP contribution in [0.15, 0.2) is 38.3 Å². The molecule has 0 fully saturated rings. The van der Waals surface area contributed by atoms with E-state index >= 15 is 0 Å². The van der Waals surface area contributed by atoms with Crippen LogP contribution in [-0.4, -0.2) is 25.9 Å². The van der Waals surface area contributed by atoms with E-state index in [1.807, 2.05) is 0 Å². The van der Waals surface area contributed by atoms with Gasteiger partial charge in [-0.2, -0.15) is 0 Å². The summed E-state index contributed by atoms with van der Waals surface area (Å²) in [6.45, 7) is 0. The molecule has 0 amide bonds. The van der Waals surface area contributed by atoms with Crippen LogP contribution < -0.4 is 0 Å². The predicted octanol–water partition coefficient (Wildman–Crippen LogP) is 2.55. The van der Waals surface area contributed by atoms with E-state index in [0.717, 1.165) is 11.3 Å². The Labute approximate surface area is 123 Å². The molecule has 0 spiro atoms. The molecule has 0 bridgehead atoms. The minimum Gasteiger partial charge on any atom is -0.312 e. The normalized spacial score (nSPS) is 18.7. The Balaban J connectivity index is 1.86. The zero-order valence-corrected chi connectivity index (χ0v) is 12.6. The van der Waals surface area contributed by atoms with E-state index < -0.39 is 15.8 Å². The van der Waals surface area contributed by atoms with Gasteiger partial charge in [-0.05, 0) is 22.9 Å². The molecular weight excluding hydrogens is 318 g/mol. The highest BCUT2D eigenvalue weighted by Gasteiger charge is 2.29. The molecule has 0 atom stereocenters. The zero-order chi connectivity index (χ0) is 14.2. The third kappa shape index (κ3) is 2.41. The van der Waals surface area contributed by atoms with E-state index in [1.165, 1.54) is 11.3 Å². The van der Waals surface area contributed by atoms with E-state index in [0.29, 0.717) is 20.4 Å². The van der Waals surface area contributed by atoms with Crippen LogP contribution in [0.3, 0.4) is 0 Å². The van der Waals surface area contributed by atoms with Gasteiger partial charge in [0.15, 0.2) is 9.84 Å². The Bertz CT molecular complexity index is 771. The fourth-order valence-electron chi connectivity index (χ4n) is 1.84. The maximum atomic E-state index is 11.9. The minimum absolute atomic E-state index is 0.00407. The largest absolute Gasteiger partial charge is 0.375 e. The number of oxime groups is 1. The first kappa shape index (κ1) is 13.5. The van der Waals surface area contributed by atoms with E-state index in [4.69, 9.17) is 4.84 Å². The lowest BCUT2D eigenvalue weighted by atomic mass is 10.1. The molecule has 0 saturated carbocycles. The van der Waals surface area contributed by atoms with Crippen LogP contribution in [-0.2, 0) is 14.7 Å². The Morgan fingerprint density at radius 2 is 2.10 bits per heavy atom.